The Hall–Kier alpha value is -2.45. The number of sulfonamides is 1. The number of benzene rings is 1. The number of nitrogens with zero attached hydrogens (tertiary/aromatic N) is 2. The molecule has 2 aliphatic rings. The first-order chi connectivity index (χ1) is 15.0. The average Bonchev–Trinajstić information content (AvgIpc) is 3.30. The molecule has 166 valence electrons. The summed E-state index contributed by atoms with van der Waals surface area (Å²) in [7, 11) is -3.53. The minimum Gasteiger partial charge on any atom is -0.474 e. The molecule has 0 spiro atoms. The van der Waals surface area contributed by atoms with E-state index in [1.165, 1.54) is 4.31 Å². The number of ether oxygens (including phenoxy) is 1. The summed E-state index contributed by atoms with van der Waals surface area (Å²) in [5.74, 6) is 0.199. The van der Waals surface area contributed by atoms with Gasteiger partial charge in [0.05, 0.1) is 5.75 Å². The maximum Gasteiger partial charge on any atom is 0.239 e. The summed E-state index contributed by atoms with van der Waals surface area (Å²) in [4.78, 5) is 17.5. The largest absolute Gasteiger partial charge is 0.474 e. The van der Waals surface area contributed by atoms with Crippen molar-refractivity contribution in [1.82, 2.24) is 14.6 Å². The Balaban J connectivity index is 1.50. The van der Waals surface area contributed by atoms with E-state index in [4.69, 9.17) is 4.74 Å². The van der Waals surface area contributed by atoms with Crippen LogP contribution >= 0.6 is 0 Å². The third kappa shape index (κ3) is 4.91. The summed E-state index contributed by atoms with van der Waals surface area (Å²) in [6.45, 7) is 2.06. The van der Waals surface area contributed by atoms with Crippen molar-refractivity contribution >= 4 is 15.9 Å². The molecule has 2 heterocycles. The number of hydrogen-bond donors (Lipinski definition) is 1. The van der Waals surface area contributed by atoms with Gasteiger partial charge in [-0.2, -0.15) is 4.31 Å². The number of carbonyl (C=O) groups excluding carboxylic acids is 1. The fourth-order valence-corrected chi connectivity index (χ4v) is 5.54. The van der Waals surface area contributed by atoms with Gasteiger partial charge in [-0.05, 0) is 56.2 Å². The Morgan fingerprint density at radius 3 is 2.65 bits per heavy atom. The smallest absolute Gasteiger partial charge is 0.239 e. The highest BCUT2D eigenvalue weighted by Gasteiger charge is 2.37. The van der Waals surface area contributed by atoms with Gasteiger partial charge in [-0.1, -0.05) is 30.3 Å². The molecule has 1 aromatic heterocycles. The van der Waals surface area contributed by atoms with Gasteiger partial charge < -0.3 is 10.1 Å². The van der Waals surface area contributed by atoms with Gasteiger partial charge in [0.25, 0.3) is 0 Å². The van der Waals surface area contributed by atoms with Crippen molar-refractivity contribution in [2.45, 2.75) is 64.3 Å². The fourth-order valence-electron chi connectivity index (χ4n) is 4.31. The predicted octanol–water partition coefficient (Wildman–Crippen LogP) is 2.80. The summed E-state index contributed by atoms with van der Waals surface area (Å²) in [5, 5.41) is 2.93. The van der Waals surface area contributed by atoms with Crippen molar-refractivity contribution in [1.29, 1.82) is 0 Å². The number of hydrogen-bond acceptors (Lipinski definition) is 5. The van der Waals surface area contributed by atoms with Gasteiger partial charge in [0.1, 0.15) is 12.1 Å². The van der Waals surface area contributed by atoms with E-state index in [-0.39, 0.29) is 30.9 Å². The van der Waals surface area contributed by atoms with Gasteiger partial charge in [0, 0.05) is 24.8 Å². The first-order valence-electron chi connectivity index (χ1n) is 10.9. The van der Waals surface area contributed by atoms with Crippen LogP contribution in [0, 0.1) is 0 Å². The molecule has 31 heavy (non-hydrogen) atoms. The zero-order valence-electron chi connectivity index (χ0n) is 17.8. The van der Waals surface area contributed by atoms with Crippen molar-refractivity contribution in [2.75, 3.05) is 5.75 Å². The van der Waals surface area contributed by atoms with E-state index >= 15 is 0 Å². The molecule has 1 atom stereocenters. The zero-order valence-corrected chi connectivity index (χ0v) is 18.6. The van der Waals surface area contributed by atoms with Crippen LogP contribution in [-0.2, 0) is 34.3 Å². The minimum atomic E-state index is -3.53. The number of amides is 1. The Kier molecular flexibility index (Phi) is 6.57. The molecule has 1 fully saturated rings. The highest BCUT2D eigenvalue weighted by atomic mass is 32.2. The van der Waals surface area contributed by atoms with Crippen LogP contribution in [-0.4, -0.2) is 41.5 Å². The molecular formula is C23H29N3O4S. The van der Waals surface area contributed by atoms with Gasteiger partial charge in [-0.15, -0.1) is 0 Å². The van der Waals surface area contributed by atoms with E-state index in [9.17, 15) is 13.2 Å². The molecule has 7 nitrogen and oxygen atoms in total. The maximum atomic E-state index is 13.1. The van der Waals surface area contributed by atoms with Crippen molar-refractivity contribution in [2.24, 2.45) is 0 Å². The summed E-state index contributed by atoms with van der Waals surface area (Å²) in [5.41, 5.74) is 2.75. The maximum absolute atomic E-state index is 13.1. The summed E-state index contributed by atoms with van der Waals surface area (Å²) in [6, 6.07) is 10.6. The molecule has 0 saturated heterocycles. The third-order valence-corrected chi connectivity index (χ3v) is 7.94. The van der Waals surface area contributed by atoms with Gasteiger partial charge in [0.15, 0.2) is 0 Å². The number of nitrogens with one attached hydrogen (secondary N) is 1. The highest BCUT2D eigenvalue weighted by Crippen LogP contribution is 2.27. The Bertz CT molecular complexity index is 1030. The summed E-state index contributed by atoms with van der Waals surface area (Å²) in [6.07, 6.45) is 6.58. The van der Waals surface area contributed by atoms with E-state index < -0.39 is 16.1 Å². The van der Waals surface area contributed by atoms with E-state index in [1.54, 1.807) is 13.1 Å². The highest BCUT2D eigenvalue weighted by molar-refractivity contribution is 7.89. The number of pyridine rings is 1. The van der Waals surface area contributed by atoms with Crippen LogP contribution < -0.4 is 10.1 Å². The SMILES string of the molecule is CCS(=O)(=O)N1Cc2ccccc2CC1C(=O)NCc1cccnc1OC1CCCC1. The molecule has 0 radical (unpaired) electrons. The molecule has 8 heteroatoms. The monoisotopic (exact) mass is 443 g/mol. The van der Waals surface area contributed by atoms with Crippen molar-refractivity contribution < 1.29 is 17.9 Å². The molecule has 1 aliphatic carbocycles. The molecule has 1 amide bonds. The molecule has 2 aromatic rings. The third-order valence-electron chi connectivity index (χ3n) is 6.11. The lowest BCUT2D eigenvalue weighted by Crippen LogP contribution is -2.52. The lowest BCUT2D eigenvalue weighted by Gasteiger charge is -2.34. The Labute approximate surface area is 183 Å². The van der Waals surface area contributed by atoms with Crippen LogP contribution in [0.1, 0.15) is 49.3 Å². The van der Waals surface area contributed by atoms with Crippen LogP contribution in [0.15, 0.2) is 42.6 Å². The average molecular weight is 444 g/mol. The topological polar surface area (TPSA) is 88.6 Å². The molecule has 0 bridgehead atoms. The van der Waals surface area contributed by atoms with Gasteiger partial charge >= 0.3 is 0 Å². The van der Waals surface area contributed by atoms with Crippen LogP contribution in [0.4, 0.5) is 0 Å². The van der Waals surface area contributed by atoms with Crippen molar-refractivity contribution in [3.05, 3.63) is 59.3 Å². The molecule has 1 N–H and O–H groups in total. The zero-order chi connectivity index (χ0) is 21.8. The van der Waals surface area contributed by atoms with E-state index in [1.807, 2.05) is 36.4 Å². The Morgan fingerprint density at radius 1 is 1.16 bits per heavy atom. The lowest BCUT2D eigenvalue weighted by atomic mass is 9.95. The first kappa shape index (κ1) is 21.8. The summed E-state index contributed by atoms with van der Waals surface area (Å²) >= 11 is 0. The fraction of sp³-hybridized carbons (Fsp3) is 0.478. The second-order valence-electron chi connectivity index (χ2n) is 8.14. The van der Waals surface area contributed by atoms with Crippen LogP contribution in [0.25, 0.3) is 0 Å². The molecule has 1 aromatic carbocycles. The van der Waals surface area contributed by atoms with Crippen molar-refractivity contribution in [3.63, 3.8) is 0 Å². The Morgan fingerprint density at radius 2 is 1.90 bits per heavy atom. The minimum absolute atomic E-state index is 0.0407. The van der Waals surface area contributed by atoms with Gasteiger partial charge in [-0.25, -0.2) is 13.4 Å². The molecule has 1 saturated carbocycles. The summed E-state index contributed by atoms with van der Waals surface area (Å²) < 4.78 is 32.8. The quantitative estimate of drug-likeness (QED) is 0.711. The van der Waals surface area contributed by atoms with E-state index in [0.29, 0.717) is 12.3 Å². The predicted molar refractivity (Wildman–Crippen MR) is 118 cm³/mol. The van der Waals surface area contributed by atoms with Crippen molar-refractivity contribution in [3.8, 4) is 5.88 Å². The molecule has 1 aliphatic heterocycles. The second-order valence-corrected chi connectivity index (χ2v) is 10.4. The van der Waals surface area contributed by atoms with Crippen LogP contribution in [0.5, 0.6) is 5.88 Å². The molecule has 1 unspecified atom stereocenters. The standard InChI is InChI=1S/C23H29N3O4S/c1-2-31(28,29)26-16-19-9-4-3-8-17(19)14-21(26)22(27)25-15-18-10-7-13-24-23(18)30-20-11-5-6-12-20/h3-4,7-10,13,20-21H,2,5-6,11-12,14-16H2,1H3,(H,25,27). The van der Waals surface area contributed by atoms with Gasteiger partial charge in [-0.3, -0.25) is 4.79 Å². The number of carbonyl (C=O) groups is 1. The van der Waals surface area contributed by atoms with Gasteiger partial charge in [0.2, 0.25) is 21.8 Å². The number of aromatic nitrogens is 1. The first-order valence-corrected chi connectivity index (χ1v) is 12.5. The number of rotatable bonds is 7. The lowest BCUT2D eigenvalue weighted by molar-refractivity contribution is -0.125. The molecular weight excluding hydrogens is 414 g/mol. The molecule has 4 rings (SSSR count). The number of fused-ring (bicyclic) bond motifs is 1. The van der Waals surface area contributed by atoms with E-state index in [2.05, 4.69) is 10.3 Å². The van der Waals surface area contributed by atoms with Crippen LogP contribution in [0.3, 0.4) is 0 Å². The second kappa shape index (κ2) is 9.36. The normalized spacial score (nSPS) is 19.7. The van der Waals surface area contributed by atoms with Crippen LogP contribution in [0.2, 0.25) is 0 Å². The van der Waals surface area contributed by atoms with E-state index in [0.717, 1.165) is 42.4 Å².